The number of para-hydroxylation sites is 1. The Morgan fingerprint density at radius 1 is 0.388 bits per heavy atom. The normalized spacial score (nSPS) is 13.0. The van der Waals surface area contributed by atoms with E-state index in [9.17, 15) is 0 Å². The Bertz CT molecular complexity index is 2510. The molecule has 2 aromatic heterocycles. The average Bonchev–Trinajstić information content (AvgIpc) is 3.57. The summed E-state index contributed by atoms with van der Waals surface area (Å²) < 4.78 is 6.49. The van der Waals surface area contributed by atoms with Crippen LogP contribution in [0.3, 0.4) is 0 Å². The summed E-state index contributed by atoms with van der Waals surface area (Å²) >= 11 is 0. The lowest BCUT2D eigenvalue weighted by Crippen LogP contribution is -2.05. The first-order valence-corrected chi connectivity index (χ1v) is 16.7. The van der Waals surface area contributed by atoms with Crippen molar-refractivity contribution in [2.45, 2.75) is 12.8 Å². The van der Waals surface area contributed by atoms with Gasteiger partial charge in [0.2, 0.25) is 0 Å². The number of benzene rings is 6. The number of hydrogen-bond donors (Lipinski definition) is 0. The largest absolute Gasteiger partial charge is 0.456 e. The van der Waals surface area contributed by atoms with Crippen molar-refractivity contribution in [3.8, 4) is 45.0 Å². The van der Waals surface area contributed by atoms with Crippen molar-refractivity contribution in [3.63, 3.8) is 0 Å². The van der Waals surface area contributed by atoms with Gasteiger partial charge in [-0.3, -0.25) is 0 Å². The molecule has 0 fully saturated rings. The maximum Gasteiger partial charge on any atom is 0.164 e. The molecule has 2 heterocycles. The van der Waals surface area contributed by atoms with Crippen molar-refractivity contribution in [1.82, 2.24) is 15.0 Å². The first kappa shape index (κ1) is 28.8. The van der Waals surface area contributed by atoms with Crippen molar-refractivity contribution in [1.29, 1.82) is 0 Å². The van der Waals surface area contributed by atoms with E-state index in [2.05, 4.69) is 127 Å². The summed E-state index contributed by atoms with van der Waals surface area (Å²) in [7, 11) is 0. The predicted molar refractivity (Wildman–Crippen MR) is 200 cm³/mol. The van der Waals surface area contributed by atoms with E-state index in [1.807, 2.05) is 36.4 Å². The lowest BCUT2D eigenvalue weighted by Gasteiger charge is -2.16. The molecule has 0 N–H and O–H groups in total. The Balaban J connectivity index is 1.23. The summed E-state index contributed by atoms with van der Waals surface area (Å²) in [6.07, 6.45) is 6.15. The Labute approximate surface area is 284 Å². The van der Waals surface area contributed by atoms with Gasteiger partial charge < -0.3 is 4.42 Å². The predicted octanol–water partition coefficient (Wildman–Crippen LogP) is 11.7. The minimum absolute atomic E-state index is 0.627. The van der Waals surface area contributed by atoms with Gasteiger partial charge in [0.1, 0.15) is 11.2 Å². The van der Waals surface area contributed by atoms with Gasteiger partial charge in [-0.2, -0.15) is 0 Å². The van der Waals surface area contributed by atoms with Crippen molar-refractivity contribution in [2.24, 2.45) is 0 Å². The molecule has 232 valence electrons. The number of aromatic nitrogens is 3. The Morgan fingerprint density at radius 2 is 0.918 bits per heavy atom. The van der Waals surface area contributed by atoms with Gasteiger partial charge >= 0.3 is 0 Å². The second-order valence-electron chi connectivity index (χ2n) is 12.4. The minimum atomic E-state index is 0.627. The highest BCUT2D eigenvalue weighted by molar-refractivity contribution is 6.13. The van der Waals surface area contributed by atoms with Crippen LogP contribution < -0.4 is 0 Å². The number of nitrogens with zero attached hydrogens (tertiary/aromatic N) is 3. The molecule has 0 bridgehead atoms. The van der Waals surface area contributed by atoms with Crippen LogP contribution in [0.25, 0.3) is 78.1 Å². The van der Waals surface area contributed by atoms with Crippen LogP contribution in [0.4, 0.5) is 0 Å². The number of hydrogen-bond acceptors (Lipinski definition) is 4. The average molecular weight is 630 g/mol. The van der Waals surface area contributed by atoms with Gasteiger partial charge in [0.25, 0.3) is 0 Å². The summed E-state index contributed by atoms with van der Waals surface area (Å²) in [6, 6.07) is 52.4. The SMILES string of the molecule is C1=C(c2ccccc2)CCC(c2nc(-c3ccccc3)nc(-c3cc(-c4ccc(-c5ccccc5)cc4)cc4oc5ccccc5c34)n2)=C1. The second-order valence-corrected chi connectivity index (χ2v) is 12.4. The van der Waals surface area contributed by atoms with E-state index >= 15 is 0 Å². The first-order chi connectivity index (χ1) is 24.3. The summed E-state index contributed by atoms with van der Waals surface area (Å²) in [5, 5.41) is 2.04. The van der Waals surface area contributed by atoms with Crippen LogP contribution in [0.1, 0.15) is 24.2 Å². The van der Waals surface area contributed by atoms with Crippen LogP contribution in [0, 0.1) is 0 Å². The van der Waals surface area contributed by atoms with Gasteiger partial charge in [-0.25, -0.2) is 15.0 Å². The molecule has 1 aliphatic rings. The molecule has 0 unspecified atom stereocenters. The summed E-state index contributed by atoms with van der Waals surface area (Å²) in [4.78, 5) is 15.4. The van der Waals surface area contributed by atoms with E-state index < -0.39 is 0 Å². The topological polar surface area (TPSA) is 51.8 Å². The molecular formula is C45H31N3O. The first-order valence-electron chi connectivity index (χ1n) is 16.7. The van der Waals surface area contributed by atoms with Gasteiger partial charge in [-0.15, -0.1) is 0 Å². The molecule has 0 aliphatic heterocycles. The molecular weight excluding hydrogens is 599 g/mol. The van der Waals surface area contributed by atoms with Gasteiger partial charge in [0.05, 0.1) is 0 Å². The molecule has 8 aromatic rings. The molecule has 0 atom stereocenters. The van der Waals surface area contributed by atoms with Gasteiger partial charge in [-0.05, 0) is 70.0 Å². The lowest BCUT2D eigenvalue weighted by molar-refractivity contribution is 0.669. The van der Waals surface area contributed by atoms with Crippen molar-refractivity contribution < 1.29 is 4.42 Å². The van der Waals surface area contributed by atoms with Crippen molar-refractivity contribution >= 4 is 33.1 Å². The van der Waals surface area contributed by atoms with Crippen LogP contribution in [0.5, 0.6) is 0 Å². The molecule has 6 aromatic carbocycles. The third-order valence-electron chi connectivity index (χ3n) is 9.29. The van der Waals surface area contributed by atoms with Crippen LogP contribution in [-0.2, 0) is 0 Å². The zero-order valence-corrected chi connectivity index (χ0v) is 26.8. The highest BCUT2D eigenvalue weighted by Gasteiger charge is 2.21. The highest BCUT2D eigenvalue weighted by atomic mass is 16.3. The standard InChI is InChI=1S/C45H31N3O/c1-4-12-30(13-5-1)32-20-22-34(23-21-32)37-28-39(42-38-18-10-11-19-40(38)49-41(42)29-37)45-47-43(35-16-8-3-9-17-35)46-44(48-45)36-26-24-33(25-27-36)31-14-6-2-7-15-31/h1-24,26,28-29H,25,27H2. The van der Waals surface area contributed by atoms with Crippen LogP contribution in [-0.4, -0.2) is 15.0 Å². The van der Waals surface area contributed by atoms with E-state index in [0.717, 1.165) is 62.6 Å². The number of allylic oxidation sites excluding steroid dienone is 4. The monoisotopic (exact) mass is 629 g/mol. The fourth-order valence-electron chi connectivity index (χ4n) is 6.76. The van der Waals surface area contributed by atoms with E-state index in [-0.39, 0.29) is 0 Å². The minimum Gasteiger partial charge on any atom is -0.456 e. The van der Waals surface area contributed by atoms with Gasteiger partial charge in [0.15, 0.2) is 17.5 Å². The van der Waals surface area contributed by atoms with Gasteiger partial charge in [0, 0.05) is 21.9 Å². The second kappa shape index (κ2) is 12.3. The molecule has 0 radical (unpaired) electrons. The zero-order valence-electron chi connectivity index (χ0n) is 26.8. The van der Waals surface area contributed by atoms with Crippen LogP contribution in [0.15, 0.2) is 168 Å². The van der Waals surface area contributed by atoms with E-state index in [1.165, 1.54) is 22.3 Å². The Hall–Kier alpha value is -6.39. The van der Waals surface area contributed by atoms with Crippen LogP contribution in [0.2, 0.25) is 0 Å². The third-order valence-corrected chi connectivity index (χ3v) is 9.29. The molecule has 4 heteroatoms. The quantitative estimate of drug-likeness (QED) is 0.184. The van der Waals surface area contributed by atoms with Crippen LogP contribution >= 0.6 is 0 Å². The summed E-state index contributed by atoms with van der Waals surface area (Å²) in [6.45, 7) is 0. The maximum absolute atomic E-state index is 6.49. The molecule has 9 rings (SSSR count). The zero-order chi connectivity index (χ0) is 32.6. The Morgan fingerprint density at radius 3 is 1.61 bits per heavy atom. The van der Waals surface area contributed by atoms with Crippen molar-refractivity contribution in [3.05, 3.63) is 175 Å². The molecule has 0 spiro atoms. The summed E-state index contributed by atoms with van der Waals surface area (Å²) in [5.74, 6) is 1.98. The number of rotatable bonds is 6. The Kier molecular flexibility index (Phi) is 7.25. The molecule has 49 heavy (non-hydrogen) atoms. The molecule has 0 saturated heterocycles. The molecule has 1 aliphatic carbocycles. The fraction of sp³-hybridized carbons (Fsp3) is 0.0444. The lowest BCUT2D eigenvalue weighted by atomic mass is 9.93. The highest BCUT2D eigenvalue weighted by Crippen LogP contribution is 2.40. The number of furan rings is 1. The third kappa shape index (κ3) is 5.53. The fourth-order valence-corrected chi connectivity index (χ4v) is 6.76. The molecule has 0 amide bonds. The smallest absolute Gasteiger partial charge is 0.164 e. The molecule has 4 nitrogen and oxygen atoms in total. The molecule has 0 saturated carbocycles. The number of fused-ring (bicyclic) bond motifs is 3. The van der Waals surface area contributed by atoms with E-state index in [0.29, 0.717) is 17.5 Å². The maximum atomic E-state index is 6.49. The van der Waals surface area contributed by atoms with Crippen molar-refractivity contribution in [2.75, 3.05) is 0 Å². The van der Waals surface area contributed by atoms with E-state index in [4.69, 9.17) is 19.4 Å². The van der Waals surface area contributed by atoms with Gasteiger partial charge in [-0.1, -0.05) is 146 Å². The summed E-state index contributed by atoms with van der Waals surface area (Å²) in [5.41, 5.74) is 11.7. The van der Waals surface area contributed by atoms with E-state index in [1.54, 1.807) is 0 Å².